The molecule has 0 radical (unpaired) electrons. The molecule has 0 fully saturated rings. The summed E-state index contributed by atoms with van der Waals surface area (Å²) in [5, 5.41) is 6.52. The lowest BCUT2D eigenvalue weighted by atomic mass is 9.98. The number of rotatable bonds is 9. The Morgan fingerprint density at radius 2 is 1.62 bits per heavy atom. The summed E-state index contributed by atoms with van der Waals surface area (Å²) in [6.07, 6.45) is 1.64. The van der Waals surface area contributed by atoms with Crippen LogP contribution in [0.3, 0.4) is 0 Å². The molecule has 39 heavy (non-hydrogen) atoms. The quantitative estimate of drug-likeness (QED) is 0.278. The SMILES string of the molecule is O=C(COc1ccc(Cl)cc1)Nc1ccc(N2CCc3ccccc3C2)c(C(=O)NCCc2ccccc2)c1. The molecular weight excluding hydrogens is 510 g/mol. The summed E-state index contributed by atoms with van der Waals surface area (Å²) in [6, 6.07) is 30.8. The topological polar surface area (TPSA) is 70.7 Å². The number of ether oxygens (including phenoxy) is 1. The lowest BCUT2D eigenvalue weighted by molar-refractivity contribution is -0.118. The van der Waals surface area contributed by atoms with Crippen LogP contribution in [0, 0.1) is 0 Å². The Labute approximate surface area is 233 Å². The van der Waals surface area contributed by atoms with Crippen molar-refractivity contribution in [1.82, 2.24) is 5.32 Å². The van der Waals surface area contributed by atoms with Crippen LogP contribution in [-0.2, 0) is 24.2 Å². The van der Waals surface area contributed by atoms with Gasteiger partial charge in [0.2, 0.25) is 0 Å². The van der Waals surface area contributed by atoms with Crippen molar-refractivity contribution in [2.24, 2.45) is 0 Å². The second kappa shape index (κ2) is 12.5. The van der Waals surface area contributed by atoms with Gasteiger partial charge in [0, 0.05) is 36.0 Å². The summed E-state index contributed by atoms with van der Waals surface area (Å²) in [4.78, 5) is 28.3. The average molecular weight is 540 g/mol. The van der Waals surface area contributed by atoms with Gasteiger partial charge in [-0.3, -0.25) is 9.59 Å². The smallest absolute Gasteiger partial charge is 0.262 e. The third-order valence-electron chi connectivity index (χ3n) is 6.72. The third kappa shape index (κ3) is 6.98. The number of carbonyl (C=O) groups excluding carboxylic acids is 2. The van der Waals surface area contributed by atoms with Gasteiger partial charge < -0.3 is 20.3 Å². The van der Waals surface area contributed by atoms with E-state index >= 15 is 0 Å². The standard InChI is InChI=1S/C32H30ClN3O3/c33-26-10-13-28(14-11-26)39-22-31(37)35-27-12-15-30(36-19-17-24-8-4-5-9-25(24)21-36)29(20-27)32(38)34-18-16-23-6-2-1-3-7-23/h1-15,20H,16-19,21-22H2,(H,34,38)(H,35,37). The van der Waals surface area contributed by atoms with Crippen LogP contribution in [-0.4, -0.2) is 31.5 Å². The molecule has 4 aromatic rings. The second-order valence-electron chi connectivity index (χ2n) is 9.45. The minimum absolute atomic E-state index is 0.162. The van der Waals surface area contributed by atoms with Crippen LogP contribution in [0.5, 0.6) is 5.75 Å². The lowest BCUT2D eigenvalue weighted by Gasteiger charge is -2.32. The summed E-state index contributed by atoms with van der Waals surface area (Å²) in [6.45, 7) is 1.88. The highest BCUT2D eigenvalue weighted by molar-refractivity contribution is 6.30. The van der Waals surface area contributed by atoms with Crippen molar-refractivity contribution < 1.29 is 14.3 Å². The average Bonchev–Trinajstić information content (AvgIpc) is 2.97. The molecule has 0 bridgehead atoms. The van der Waals surface area contributed by atoms with Crippen molar-refractivity contribution in [3.05, 3.63) is 124 Å². The van der Waals surface area contributed by atoms with E-state index in [-0.39, 0.29) is 18.4 Å². The van der Waals surface area contributed by atoms with E-state index < -0.39 is 0 Å². The second-order valence-corrected chi connectivity index (χ2v) is 9.89. The largest absolute Gasteiger partial charge is 0.484 e. The lowest BCUT2D eigenvalue weighted by Crippen LogP contribution is -2.33. The molecule has 198 valence electrons. The molecule has 2 N–H and O–H groups in total. The zero-order valence-electron chi connectivity index (χ0n) is 21.5. The van der Waals surface area contributed by atoms with Crippen LogP contribution >= 0.6 is 11.6 Å². The molecule has 0 spiro atoms. The van der Waals surface area contributed by atoms with Gasteiger partial charge in [-0.05, 0) is 72.0 Å². The highest BCUT2D eigenvalue weighted by atomic mass is 35.5. The summed E-state index contributed by atoms with van der Waals surface area (Å²) in [5.74, 6) is 0.0575. The molecular formula is C32H30ClN3O3. The molecule has 1 aliphatic heterocycles. The Morgan fingerprint density at radius 1 is 0.872 bits per heavy atom. The zero-order valence-corrected chi connectivity index (χ0v) is 22.3. The fourth-order valence-corrected chi connectivity index (χ4v) is 4.84. The van der Waals surface area contributed by atoms with Gasteiger partial charge in [-0.25, -0.2) is 0 Å². The van der Waals surface area contributed by atoms with Gasteiger partial charge in [-0.1, -0.05) is 66.2 Å². The van der Waals surface area contributed by atoms with Crippen molar-refractivity contribution in [1.29, 1.82) is 0 Å². The molecule has 0 unspecified atom stereocenters. The van der Waals surface area contributed by atoms with Crippen molar-refractivity contribution in [2.45, 2.75) is 19.4 Å². The summed E-state index contributed by atoms with van der Waals surface area (Å²) in [7, 11) is 0. The number of amides is 2. The number of anilines is 2. The van der Waals surface area contributed by atoms with Crippen molar-refractivity contribution in [2.75, 3.05) is 29.9 Å². The maximum Gasteiger partial charge on any atom is 0.262 e. The number of nitrogens with zero attached hydrogens (tertiary/aromatic N) is 1. The number of halogens is 1. The van der Waals surface area contributed by atoms with Gasteiger partial charge in [-0.2, -0.15) is 0 Å². The Morgan fingerprint density at radius 3 is 2.41 bits per heavy atom. The summed E-state index contributed by atoms with van der Waals surface area (Å²) < 4.78 is 5.56. The molecule has 0 atom stereocenters. The van der Waals surface area contributed by atoms with Crippen LogP contribution in [0.2, 0.25) is 5.02 Å². The van der Waals surface area contributed by atoms with E-state index in [2.05, 4.69) is 33.7 Å². The molecule has 7 heteroatoms. The Hall–Kier alpha value is -4.29. The van der Waals surface area contributed by atoms with Gasteiger partial charge in [0.25, 0.3) is 11.8 Å². The van der Waals surface area contributed by atoms with Gasteiger partial charge in [0.1, 0.15) is 5.75 Å². The van der Waals surface area contributed by atoms with E-state index in [1.165, 1.54) is 11.1 Å². The monoisotopic (exact) mass is 539 g/mol. The maximum atomic E-state index is 13.4. The first-order valence-electron chi connectivity index (χ1n) is 13.0. The van der Waals surface area contributed by atoms with Crippen molar-refractivity contribution >= 4 is 34.8 Å². The van der Waals surface area contributed by atoms with E-state index in [0.717, 1.165) is 37.2 Å². The van der Waals surface area contributed by atoms with E-state index in [1.807, 2.05) is 48.5 Å². The molecule has 4 aromatic carbocycles. The van der Waals surface area contributed by atoms with Crippen LogP contribution in [0.4, 0.5) is 11.4 Å². The molecule has 1 heterocycles. The fraction of sp³-hybridized carbons (Fsp3) is 0.188. The first kappa shape index (κ1) is 26.3. The van der Waals surface area contributed by atoms with Gasteiger partial charge in [-0.15, -0.1) is 0 Å². The highest BCUT2D eigenvalue weighted by Crippen LogP contribution is 2.29. The molecule has 0 saturated heterocycles. The number of benzene rings is 4. The van der Waals surface area contributed by atoms with Gasteiger partial charge >= 0.3 is 0 Å². The molecule has 5 rings (SSSR count). The predicted octanol–water partition coefficient (Wildman–Crippen LogP) is 5.89. The molecule has 1 aliphatic rings. The van der Waals surface area contributed by atoms with Crippen molar-refractivity contribution in [3.63, 3.8) is 0 Å². The fourth-order valence-electron chi connectivity index (χ4n) is 4.71. The minimum atomic E-state index is -0.319. The van der Waals surface area contributed by atoms with Gasteiger partial charge in [0.05, 0.1) is 5.56 Å². The number of carbonyl (C=O) groups is 2. The molecule has 0 saturated carbocycles. The van der Waals surface area contributed by atoms with Crippen LogP contribution in [0.25, 0.3) is 0 Å². The van der Waals surface area contributed by atoms with Crippen LogP contribution < -0.4 is 20.3 Å². The Kier molecular flexibility index (Phi) is 8.44. The number of fused-ring (bicyclic) bond motifs is 1. The van der Waals surface area contributed by atoms with Crippen molar-refractivity contribution in [3.8, 4) is 5.75 Å². The normalized spacial score (nSPS) is 12.4. The van der Waals surface area contributed by atoms with E-state index in [1.54, 1.807) is 30.3 Å². The van der Waals surface area contributed by atoms with Gasteiger partial charge in [0.15, 0.2) is 6.61 Å². The first-order valence-corrected chi connectivity index (χ1v) is 13.4. The number of hydrogen-bond donors (Lipinski definition) is 2. The minimum Gasteiger partial charge on any atom is -0.484 e. The Balaban J connectivity index is 1.31. The molecule has 0 aromatic heterocycles. The molecule has 2 amide bonds. The molecule has 6 nitrogen and oxygen atoms in total. The zero-order chi connectivity index (χ0) is 27.0. The Bertz CT molecular complexity index is 1440. The highest BCUT2D eigenvalue weighted by Gasteiger charge is 2.22. The van der Waals surface area contributed by atoms with Crippen LogP contribution in [0.15, 0.2) is 97.1 Å². The summed E-state index contributed by atoms with van der Waals surface area (Å²) >= 11 is 5.91. The maximum absolute atomic E-state index is 13.4. The number of nitrogens with one attached hydrogen (secondary N) is 2. The van der Waals surface area contributed by atoms with E-state index in [4.69, 9.17) is 16.3 Å². The predicted molar refractivity (Wildman–Crippen MR) is 156 cm³/mol. The number of hydrogen-bond acceptors (Lipinski definition) is 4. The third-order valence-corrected chi connectivity index (χ3v) is 6.97. The van der Waals surface area contributed by atoms with E-state index in [0.29, 0.717) is 28.6 Å². The van der Waals surface area contributed by atoms with E-state index in [9.17, 15) is 9.59 Å². The molecule has 0 aliphatic carbocycles. The summed E-state index contributed by atoms with van der Waals surface area (Å²) in [5.41, 5.74) is 5.67. The van der Waals surface area contributed by atoms with Crippen LogP contribution in [0.1, 0.15) is 27.0 Å². The first-order chi connectivity index (χ1) is 19.0.